The summed E-state index contributed by atoms with van der Waals surface area (Å²) in [7, 11) is 1.58. The lowest BCUT2D eigenvalue weighted by atomic mass is 10.2. The van der Waals surface area contributed by atoms with Crippen LogP contribution in [-0.4, -0.2) is 37.9 Å². The fraction of sp³-hybridized carbons (Fsp3) is 0.438. The molecule has 116 valence electrons. The predicted octanol–water partition coefficient (Wildman–Crippen LogP) is 1.85. The first-order valence-electron chi connectivity index (χ1n) is 6.94. The Hall–Kier alpha value is -2.01. The van der Waals surface area contributed by atoms with Gasteiger partial charge >= 0.3 is 0 Å². The first-order chi connectivity index (χ1) is 10.1. The lowest BCUT2D eigenvalue weighted by Gasteiger charge is -2.12. The summed E-state index contributed by atoms with van der Waals surface area (Å²) in [4.78, 5) is 11.4. The van der Waals surface area contributed by atoms with E-state index in [0.29, 0.717) is 24.0 Å². The molecule has 1 rings (SSSR count). The molecule has 0 saturated heterocycles. The monoisotopic (exact) mass is 293 g/mol. The third-order valence-corrected chi connectivity index (χ3v) is 2.60. The van der Waals surface area contributed by atoms with Gasteiger partial charge in [-0.1, -0.05) is 19.9 Å². The summed E-state index contributed by atoms with van der Waals surface area (Å²) in [5.41, 5.74) is 0.836. The van der Waals surface area contributed by atoms with E-state index < -0.39 is 0 Å². The zero-order valence-electron chi connectivity index (χ0n) is 12.8. The Morgan fingerprint density at radius 2 is 2.14 bits per heavy atom. The number of carbonyl (C=O) groups excluding carboxylic acids is 1. The van der Waals surface area contributed by atoms with Gasteiger partial charge in [0.05, 0.1) is 20.3 Å². The van der Waals surface area contributed by atoms with Crippen molar-refractivity contribution in [1.29, 1.82) is 0 Å². The van der Waals surface area contributed by atoms with Gasteiger partial charge in [-0.15, -0.1) is 0 Å². The Labute approximate surface area is 125 Å². The predicted molar refractivity (Wildman–Crippen MR) is 82.5 cm³/mol. The minimum Gasteiger partial charge on any atom is -0.493 e. The van der Waals surface area contributed by atoms with E-state index in [4.69, 9.17) is 14.6 Å². The van der Waals surface area contributed by atoms with Crippen LogP contribution >= 0.6 is 0 Å². The molecular weight excluding hydrogens is 270 g/mol. The maximum Gasteiger partial charge on any atom is 0.244 e. The molecule has 0 heterocycles. The van der Waals surface area contributed by atoms with Gasteiger partial charge in [-0.05, 0) is 29.7 Å². The molecule has 0 aliphatic rings. The molecule has 0 aromatic heterocycles. The van der Waals surface area contributed by atoms with Crippen LogP contribution in [0.15, 0.2) is 24.3 Å². The lowest BCUT2D eigenvalue weighted by Crippen LogP contribution is -2.24. The van der Waals surface area contributed by atoms with Crippen molar-refractivity contribution in [1.82, 2.24) is 5.32 Å². The summed E-state index contributed by atoms with van der Waals surface area (Å²) in [5.74, 6) is 1.51. The van der Waals surface area contributed by atoms with Gasteiger partial charge in [0.1, 0.15) is 0 Å². The van der Waals surface area contributed by atoms with Gasteiger partial charge in [0.25, 0.3) is 0 Å². The molecule has 5 nitrogen and oxygen atoms in total. The summed E-state index contributed by atoms with van der Waals surface area (Å²) < 4.78 is 11.0. The number of aliphatic hydroxyl groups excluding tert-OH is 1. The molecule has 0 radical (unpaired) electrons. The number of benzene rings is 1. The third-order valence-electron chi connectivity index (χ3n) is 2.60. The van der Waals surface area contributed by atoms with E-state index in [1.54, 1.807) is 13.2 Å². The number of amides is 1. The standard InChI is InChI=1S/C16H23NO4/c1-12(2)11-21-14-6-4-13(10-15(14)20-3)5-7-16(19)17-8-9-18/h4-7,10,12,18H,8-9,11H2,1-3H3,(H,17,19)/b7-5+. The second-order valence-corrected chi connectivity index (χ2v) is 4.96. The normalized spacial score (nSPS) is 10.9. The highest BCUT2D eigenvalue weighted by atomic mass is 16.5. The first-order valence-corrected chi connectivity index (χ1v) is 6.94. The smallest absolute Gasteiger partial charge is 0.244 e. The van der Waals surface area contributed by atoms with E-state index in [9.17, 15) is 4.79 Å². The SMILES string of the molecule is COc1cc(/C=C/C(=O)NCCO)ccc1OCC(C)C. The van der Waals surface area contributed by atoms with E-state index in [0.717, 1.165) is 5.56 Å². The van der Waals surface area contributed by atoms with Crippen LogP contribution in [0.1, 0.15) is 19.4 Å². The highest BCUT2D eigenvalue weighted by molar-refractivity contribution is 5.91. The van der Waals surface area contributed by atoms with Crippen LogP contribution in [0.4, 0.5) is 0 Å². The Morgan fingerprint density at radius 1 is 1.38 bits per heavy atom. The van der Waals surface area contributed by atoms with Gasteiger partial charge in [0.2, 0.25) is 5.91 Å². The summed E-state index contributed by atoms with van der Waals surface area (Å²) in [6.07, 6.45) is 3.10. The van der Waals surface area contributed by atoms with Crippen LogP contribution in [0.3, 0.4) is 0 Å². The average Bonchev–Trinajstić information content (AvgIpc) is 2.48. The van der Waals surface area contributed by atoms with Crippen molar-refractivity contribution < 1.29 is 19.4 Å². The van der Waals surface area contributed by atoms with E-state index in [-0.39, 0.29) is 19.1 Å². The molecular formula is C16H23NO4. The minimum atomic E-state index is -0.247. The molecule has 0 bridgehead atoms. The first kappa shape index (κ1) is 17.0. The molecule has 5 heteroatoms. The molecule has 0 unspecified atom stereocenters. The van der Waals surface area contributed by atoms with Crippen molar-refractivity contribution >= 4 is 12.0 Å². The van der Waals surface area contributed by atoms with Crippen molar-refractivity contribution in [2.75, 3.05) is 26.9 Å². The zero-order chi connectivity index (χ0) is 15.7. The van der Waals surface area contributed by atoms with Crippen LogP contribution < -0.4 is 14.8 Å². The summed E-state index contributed by atoms with van der Waals surface area (Å²) in [6, 6.07) is 5.49. The van der Waals surface area contributed by atoms with Crippen LogP contribution in [0.5, 0.6) is 11.5 Å². The van der Waals surface area contributed by atoms with Gasteiger partial charge in [0.15, 0.2) is 11.5 Å². The fourth-order valence-electron chi connectivity index (χ4n) is 1.57. The Bertz CT molecular complexity index is 483. The molecule has 0 aliphatic heterocycles. The van der Waals surface area contributed by atoms with E-state index in [2.05, 4.69) is 19.2 Å². The van der Waals surface area contributed by atoms with Gasteiger partial charge in [-0.2, -0.15) is 0 Å². The molecule has 21 heavy (non-hydrogen) atoms. The molecule has 2 N–H and O–H groups in total. The molecule has 1 aromatic carbocycles. The molecule has 1 amide bonds. The maximum atomic E-state index is 11.4. The van der Waals surface area contributed by atoms with Crippen LogP contribution in [0.25, 0.3) is 6.08 Å². The summed E-state index contributed by atoms with van der Waals surface area (Å²) >= 11 is 0. The summed E-state index contributed by atoms with van der Waals surface area (Å²) in [6.45, 7) is 4.95. The van der Waals surface area contributed by atoms with Gasteiger partial charge in [-0.3, -0.25) is 4.79 Å². The average molecular weight is 293 g/mol. The van der Waals surface area contributed by atoms with Crippen molar-refractivity contribution in [3.63, 3.8) is 0 Å². The number of rotatable bonds is 8. The van der Waals surface area contributed by atoms with Crippen molar-refractivity contribution in [2.24, 2.45) is 5.92 Å². The Morgan fingerprint density at radius 3 is 2.76 bits per heavy atom. The highest BCUT2D eigenvalue weighted by Crippen LogP contribution is 2.28. The van der Waals surface area contributed by atoms with Gasteiger partial charge in [0, 0.05) is 12.6 Å². The van der Waals surface area contributed by atoms with Crippen LogP contribution in [-0.2, 0) is 4.79 Å². The maximum absolute atomic E-state index is 11.4. The largest absolute Gasteiger partial charge is 0.493 e. The lowest BCUT2D eigenvalue weighted by molar-refractivity contribution is -0.116. The number of hydrogen-bond acceptors (Lipinski definition) is 4. The number of carbonyl (C=O) groups is 1. The number of hydrogen-bond donors (Lipinski definition) is 2. The van der Waals surface area contributed by atoms with Gasteiger partial charge in [-0.25, -0.2) is 0 Å². The van der Waals surface area contributed by atoms with Crippen molar-refractivity contribution in [3.05, 3.63) is 29.8 Å². The number of nitrogens with one attached hydrogen (secondary N) is 1. The van der Waals surface area contributed by atoms with Crippen LogP contribution in [0.2, 0.25) is 0 Å². The zero-order valence-corrected chi connectivity index (χ0v) is 12.8. The molecule has 0 aliphatic carbocycles. The molecule has 1 aromatic rings. The quantitative estimate of drug-likeness (QED) is 0.718. The molecule has 0 atom stereocenters. The number of aliphatic hydroxyl groups is 1. The third kappa shape index (κ3) is 6.31. The molecule has 0 saturated carbocycles. The second kappa shape index (κ2) is 9.02. The van der Waals surface area contributed by atoms with Crippen molar-refractivity contribution in [3.8, 4) is 11.5 Å². The number of ether oxygens (including phenoxy) is 2. The van der Waals surface area contributed by atoms with Crippen molar-refractivity contribution in [2.45, 2.75) is 13.8 Å². The van der Waals surface area contributed by atoms with E-state index in [1.165, 1.54) is 6.08 Å². The van der Waals surface area contributed by atoms with E-state index >= 15 is 0 Å². The minimum absolute atomic E-state index is 0.0741. The molecule has 0 fully saturated rings. The van der Waals surface area contributed by atoms with E-state index in [1.807, 2.05) is 18.2 Å². The van der Waals surface area contributed by atoms with Gasteiger partial charge < -0.3 is 19.9 Å². The number of methoxy groups -OCH3 is 1. The molecule has 0 spiro atoms. The second-order valence-electron chi connectivity index (χ2n) is 4.96. The highest BCUT2D eigenvalue weighted by Gasteiger charge is 2.06. The summed E-state index contributed by atoms with van der Waals surface area (Å²) in [5, 5.41) is 11.2. The Balaban J connectivity index is 2.72. The van der Waals surface area contributed by atoms with Crippen LogP contribution in [0, 0.1) is 5.92 Å². The topological polar surface area (TPSA) is 67.8 Å². The fourth-order valence-corrected chi connectivity index (χ4v) is 1.57. The Kier molecular flexibility index (Phi) is 7.32.